The number of sulfone groups is 1. The van der Waals surface area contributed by atoms with E-state index >= 15 is 0 Å². The fourth-order valence-corrected chi connectivity index (χ4v) is 5.02. The van der Waals surface area contributed by atoms with Crippen molar-refractivity contribution < 1.29 is 13.2 Å². The maximum Gasteiger partial charge on any atom is 0.153 e. The van der Waals surface area contributed by atoms with Crippen molar-refractivity contribution in [3.05, 3.63) is 0 Å². The molecular formula is C12H23NO3S. The van der Waals surface area contributed by atoms with Gasteiger partial charge in [-0.25, -0.2) is 8.42 Å². The third kappa shape index (κ3) is 2.83. The van der Waals surface area contributed by atoms with Crippen LogP contribution in [0.25, 0.3) is 0 Å². The average Bonchev–Trinajstić information content (AvgIpc) is 2.26. The summed E-state index contributed by atoms with van der Waals surface area (Å²) in [5.41, 5.74) is 5.41. The molecule has 0 aromatic heterocycles. The fourth-order valence-electron chi connectivity index (χ4n) is 2.81. The van der Waals surface area contributed by atoms with Gasteiger partial charge in [-0.2, -0.15) is 0 Å². The van der Waals surface area contributed by atoms with Crippen molar-refractivity contribution in [1.82, 2.24) is 0 Å². The molecule has 2 atom stereocenters. The smallest absolute Gasteiger partial charge is 0.153 e. The maximum absolute atomic E-state index is 12.3. The Labute approximate surface area is 104 Å². The summed E-state index contributed by atoms with van der Waals surface area (Å²) < 4.78 is 30.3. The largest absolute Gasteiger partial charge is 0.375 e. The molecule has 0 aromatic rings. The van der Waals surface area contributed by atoms with Crippen LogP contribution in [0.15, 0.2) is 0 Å². The number of hydrogen-bond acceptors (Lipinski definition) is 4. The minimum absolute atomic E-state index is 0.0557. The molecule has 1 saturated carbocycles. The Bertz CT molecular complexity index is 362. The van der Waals surface area contributed by atoms with E-state index in [9.17, 15) is 8.42 Å². The van der Waals surface area contributed by atoms with Crippen molar-refractivity contribution in [2.24, 2.45) is 11.7 Å². The quantitative estimate of drug-likeness (QED) is 0.822. The predicted octanol–water partition coefficient (Wildman–Crippen LogP) is 1.10. The van der Waals surface area contributed by atoms with Crippen molar-refractivity contribution in [1.29, 1.82) is 0 Å². The lowest BCUT2D eigenvalue weighted by atomic mass is 9.75. The minimum atomic E-state index is -3.00. The molecule has 0 aromatic carbocycles. The van der Waals surface area contributed by atoms with Gasteiger partial charge in [0.15, 0.2) is 9.84 Å². The molecule has 2 aliphatic rings. The Morgan fingerprint density at radius 1 is 1.47 bits per heavy atom. The van der Waals surface area contributed by atoms with Gasteiger partial charge in [0, 0.05) is 6.61 Å². The van der Waals surface area contributed by atoms with Crippen molar-refractivity contribution in [3.63, 3.8) is 0 Å². The zero-order valence-electron chi connectivity index (χ0n) is 10.5. The summed E-state index contributed by atoms with van der Waals surface area (Å²) in [5, 5.41) is -0.203. The predicted molar refractivity (Wildman–Crippen MR) is 67.6 cm³/mol. The van der Waals surface area contributed by atoms with Crippen molar-refractivity contribution in [2.75, 3.05) is 18.9 Å². The van der Waals surface area contributed by atoms with Crippen LogP contribution in [0, 0.1) is 5.92 Å². The van der Waals surface area contributed by atoms with E-state index in [1.807, 2.05) is 6.92 Å². The molecule has 0 radical (unpaired) electrons. The van der Waals surface area contributed by atoms with Crippen LogP contribution in [-0.2, 0) is 14.6 Å². The lowest BCUT2D eigenvalue weighted by Gasteiger charge is -2.47. The van der Waals surface area contributed by atoms with Gasteiger partial charge in [0.1, 0.15) is 0 Å². The maximum atomic E-state index is 12.3. The van der Waals surface area contributed by atoms with E-state index in [1.165, 1.54) is 6.42 Å². The Morgan fingerprint density at radius 3 is 2.71 bits per heavy atom. The van der Waals surface area contributed by atoms with E-state index in [-0.39, 0.29) is 22.5 Å². The second-order valence-electron chi connectivity index (χ2n) is 5.67. The molecule has 0 amide bonds. The molecule has 2 rings (SSSR count). The van der Waals surface area contributed by atoms with Crippen LogP contribution in [0.1, 0.15) is 39.0 Å². The van der Waals surface area contributed by atoms with Gasteiger partial charge in [0.05, 0.1) is 16.6 Å². The van der Waals surface area contributed by atoms with E-state index in [0.717, 1.165) is 12.8 Å². The highest BCUT2D eigenvalue weighted by molar-refractivity contribution is 7.92. The first kappa shape index (κ1) is 13.3. The molecule has 0 bridgehead atoms. The molecule has 2 fully saturated rings. The molecule has 1 aliphatic heterocycles. The van der Waals surface area contributed by atoms with Crippen molar-refractivity contribution in [3.8, 4) is 0 Å². The summed E-state index contributed by atoms with van der Waals surface area (Å²) in [6, 6.07) is 0. The van der Waals surface area contributed by atoms with E-state index in [4.69, 9.17) is 10.5 Å². The lowest BCUT2D eigenvalue weighted by Crippen LogP contribution is -2.49. The van der Waals surface area contributed by atoms with Crippen molar-refractivity contribution in [2.45, 2.75) is 49.9 Å². The molecule has 5 heteroatoms. The molecule has 1 heterocycles. The van der Waals surface area contributed by atoms with Crippen LogP contribution in [0.4, 0.5) is 0 Å². The van der Waals surface area contributed by atoms with Gasteiger partial charge in [-0.05, 0) is 44.6 Å². The van der Waals surface area contributed by atoms with E-state index in [0.29, 0.717) is 26.0 Å². The average molecular weight is 261 g/mol. The normalized spacial score (nSPS) is 29.9. The molecule has 17 heavy (non-hydrogen) atoms. The Balaban J connectivity index is 2.01. The number of hydrogen-bond donors (Lipinski definition) is 1. The summed E-state index contributed by atoms with van der Waals surface area (Å²) in [4.78, 5) is 0. The van der Waals surface area contributed by atoms with Crippen LogP contribution in [0.3, 0.4) is 0 Å². The molecule has 4 nitrogen and oxygen atoms in total. The van der Waals surface area contributed by atoms with E-state index in [2.05, 4.69) is 0 Å². The van der Waals surface area contributed by atoms with Crippen LogP contribution in [-0.4, -0.2) is 38.2 Å². The first-order chi connectivity index (χ1) is 7.97. The number of rotatable bonds is 4. The zero-order chi connectivity index (χ0) is 12.5. The topological polar surface area (TPSA) is 69.4 Å². The van der Waals surface area contributed by atoms with Gasteiger partial charge in [-0.3, -0.25) is 0 Å². The van der Waals surface area contributed by atoms with Crippen LogP contribution < -0.4 is 5.73 Å². The molecule has 1 saturated heterocycles. The highest BCUT2D eigenvalue weighted by atomic mass is 32.2. The van der Waals surface area contributed by atoms with E-state index < -0.39 is 9.84 Å². The Kier molecular flexibility index (Phi) is 3.80. The summed E-state index contributed by atoms with van der Waals surface area (Å²) >= 11 is 0. The van der Waals surface area contributed by atoms with Gasteiger partial charge in [0.25, 0.3) is 0 Å². The summed E-state index contributed by atoms with van der Waals surface area (Å²) in [7, 11) is -3.00. The van der Waals surface area contributed by atoms with Crippen LogP contribution in [0.2, 0.25) is 0 Å². The van der Waals surface area contributed by atoms with Crippen LogP contribution in [0.5, 0.6) is 0 Å². The second kappa shape index (κ2) is 4.86. The van der Waals surface area contributed by atoms with Gasteiger partial charge >= 0.3 is 0 Å². The second-order valence-corrected chi connectivity index (χ2v) is 8.00. The molecule has 1 aliphatic carbocycles. The zero-order valence-corrected chi connectivity index (χ0v) is 11.3. The molecule has 1 spiro atoms. The molecule has 100 valence electrons. The molecular weight excluding hydrogens is 238 g/mol. The molecule has 2 N–H and O–H groups in total. The number of ether oxygens (including phenoxy) is 1. The Hall–Kier alpha value is -0.130. The summed E-state index contributed by atoms with van der Waals surface area (Å²) in [6.45, 7) is 2.94. The lowest BCUT2D eigenvalue weighted by molar-refractivity contribution is -0.125. The Morgan fingerprint density at radius 2 is 2.18 bits per heavy atom. The van der Waals surface area contributed by atoms with E-state index in [1.54, 1.807) is 0 Å². The van der Waals surface area contributed by atoms with Gasteiger partial charge in [-0.1, -0.05) is 6.92 Å². The first-order valence-electron chi connectivity index (χ1n) is 6.53. The van der Waals surface area contributed by atoms with Crippen LogP contribution >= 0.6 is 0 Å². The minimum Gasteiger partial charge on any atom is -0.375 e. The third-order valence-corrected chi connectivity index (χ3v) is 6.59. The molecule has 2 unspecified atom stereocenters. The third-order valence-electron chi connectivity index (χ3n) is 4.14. The SMILES string of the molecule is CC(CN)CS(=O)(=O)C1CCOC2(CCC2)C1. The number of nitrogens with two attached hydrogens (primary N) is 1. The van der Waals surface area contributed by atoms with Gasteiger partial charge < -0.3 is 10.5 Å². The monoisotopic (exact) mass is 261 g/mol. The summed E-state index contributed by atoms with van der Waals surface area (Å²) in [6.07, 6.45) is 4.59. The van der Waals surface area contributed by atoms with Gasteiger partial charge in [-0.15, -0.1) is 0 Å². The summed E-state index contributed by atoms with van der Waals surface area (Å²) in [5.74, 6) is 0.282. The fraction of sp³-hybridized carbons (Fsp3) is 1.00. The highest BCUT2D eigenvalue weighted by Gasteiger charge is 2.45. The first-order valence-corrected chi connectivity index (χ1v) is 8.25. The van der Waals surface area contributed by atoms with Gasteiger partial charge in [0.2, 0.25) is 0 Å². The standard InChI is InChI=1S/C12H23NO3S/c1-10(8-13)9-17(14,15)11-3-6-16-12(7-11)4-2-5-12/h10-11H,2-9,13H2,1H3. The highest BCUT2D eigenvalue weighted by Crippen LogP contribution is 2.43. The van der Waals surface area contributed by atoms with Crippen molar-refractivity contribution >= 4 is 9.84 Å².